The Hall–Kier alpha value is -20.0. The molecular weight excluding hydrogens is 1810 g/mol. The van der Waals surface area contributed by atoms with E-state index in [-0.39, 0.29) is 0 Å². The number of fused-ring (bicyclic) bond motifs is 11. The molecule has 28 rings (SSSR count). The summed E-state index contributed by atoms with van der Waals surface area (Å²) in [6, 6.07) is 199. The summed E-state index contributed by atoms with van der Waals surface area (Å²) in [5.41, 5.74) is 37.9. The van der Waals surface area contributed by atoms with Gasteiger partial charge in [-0.2, -0.15) is 0 Å². The van der Waals surface area contributed by atoms with Gasteiger partial charge in [-0.1, -0.05) is 467 Å². The summed E-state index contributed by atoms with van der Waals surface area (Å²) >= 11 is 0. The Morgan fingerprint density at radius 3 is 0.752 bits per heavy atom. The van der Waals surface area contributed by atoms with Gasteiger partial charge in [-0.05, 0) is 180 Å². The predicted octanol–water partition coefficient (Wildman–Crippen LogP) is 36.4. The number of imidazole rings is 3. The van der Waals surface area contributed by atoms with Crippen molar-refractivity contribution >= 4 is 87.1 Å². The molecule has 0 saturated heterocycles. The highest BCUT2D eigenvalue weighted by Crippen LogP contribution is 2.48. The molecule has 9 heteroatoms. The topological polar surface area (TPSA) is 92.1 Å². The van der Waals surface area contributed by atoms with Crippen molar-refractivity contribution in [3.8, 4) is 174 Å². The van der Waals surface area contributed by atoms with E-state index in [1.54, 1.807) is 0 Å². The average Bonchev–Trinajstić information content (AvgIpc) is 1.25. The third kappa shape index (κ3) is 17.1. The van der Waals surface area contributed by atoms with Crippen molar-refractivity contribution in [1.82, 2.24) is 43.6 Å². The van der Waals surface area contributed by atoms with Crippen molar-refractivity contribution in [2.45, 2.75) is 0 Å². The monoisotopic (exact) mass is 1900 g/mol. The number of para-hydroxylation sites is 3. The van der Waals surface area contributed by atoms with Gasteiger partial charge in [-0.3, -0.25) is 13.7 Å². The van der Waals surface area contributed by atoms with Crippen molar-refractivity contribution in [3.05, 3.63) is 564 Å². The van der Waals surface area contributed by atoms with Crippen LogP contribution in [0.25, 0.3) is 261 Å². The van der Waals surface area contributed by atoms with Gasteiger partial charge in [0.2, 0.25) is 0 Å². The fourth-order valence-electron chi connectivity index (χ4n) is 21.3. The first-order valence-electron chi connectivity index (χ1n) is 50.5. The van der Waals surface area contributed by atoms with Crippen LogP contribution in [0, 0.1) is 0 Å². The second-order valence-corrected chi connectivity index (χ2v) is 37.4. The zero-order valence-corrected chi connectivity index (χ0v) is 81.2. The number of benzene rings is 22. The maximum atomic E-state index is 5.38. The van der Waals surface area contributed by atoms with Crippen LogP contribution in [0.15, 0.2) is 564 Å². The first kappa shape index (κ1) is 89.1. The summed E-state index contributed by atoms with van der Waals surface area (Å²) in [6.07, 6.45) is 0. The first-order chi connectivity index (χ1) is 73.9. The minimum atomic E-state index is 0.898. The number of rotatable bonds is 17. The minimum Gasteiger partial charge on any atom is -0.292 e. The molecule has 0 atom stereocenters. The smallest absolute Gasteiger partial charge is 0.145 e. The summed E-state index contributed by atoms with van der Waals surface area (Å²) in [7, 11) is 0. The summed E-state index contributed by atoms with van der Waals surface area (Å²) in [5.74, 6) is 2.76. The van der Waals surface area contributed by atoms with Crippen LogP contribution in [-0.4, -0.2) is 43.6 Å². The van der Waals surface area contributed by atoms with Crippen LogP contribution in [0.5, 0.6) is 0 Å². The average molecular weight is 1900 g/mol. The van der Waals surface area contributed by atoms with E-state index in [9.17, 15) is 0 Å². The van der Waals surface area contributed by atoms with Gasteiger partial charge in [0.15, 0.2) is 0 Å². The molecule has 0 spiro atoms. The van der Waals surface area contributed by atoms with Crippen LogP contribution < -0.4 is 0 Å². The SMILES string of the molecule is c1ccc(-c2cc(-c3ccccc3)c3cc(-c4ccc(-n5c(-c6ccccc6)nc(-c6ccccc6)c5-c5ccccc5)cc4)c4ccccc4c3n2)cc1.c1ccc(-c2cc(-c3ccccc3)c3cc(-c4ccc(-n5c(-c6ccccc6)nc6ccccc65)cc4)c4ccccc4c3n2)cc1.c1ccc(-c2cc(-c3ccccc3)c3cc(-c4ccc5c(c4)nc(-c4ccccc4)n5-c4ccccc4)c4ccccc4c3n2)cc1. The minimum absolute atomic E-state index is 0.898. The number of aromatic nitrogens is 9. The normalized spacial score (nSPS) is 11.4. The molecule has 0 saturated carbocycles. The summed E-state index contributed by atoms with van der Waals surface area (Å²) < 4.78 is 6.84. The van der Waals surface area contributed by atoms with Crippen molar-refractivity contribution in [3.63, 3.8) is 0 Å². The quantitative estimate of drug-likeness (QED) is 0.0844. The van der Waals surface area contributed by atoms with Gasteiger partial charge >= 0.3 is 0 Å². The molecule has 0 aliphatic rings. The highest BCUT2D eigenvalue weighted by molar-refractivity contribution is 6.20. The molecule has 6 heterocycles. The predicted molar refractivity (Wildman–Crippen MR) is 620 cm³/mol. The van der Waals surface area contributed by atoms with Gasteiger partial charge in [0, 0.05) is 93.9 Å². The molecular formula is C140H93N9. The first-order valence-corrected chi connectivity index (χ1v) is 50.5. The molecule has 149 heavy (non-hydrogen) atoms. The number of pyridine rings is 3. The maximum Gasteiger partial charge on any atom is 0.145 e. The van der Waals surface area contributed by atoms with Crippen molar-refractivity contribution in [2.24, 2.45) is 0 Å². The van der Waals surface area contributed by atoms with E-state index in [0.717, 1.165) is 201 Å². The maximum absolute atomic E-state index is 5.38. The lowest BCUT2D eigenvalue weighted by molar-refractivity contribution is 1.07. The van der Waals surface area contributed by atoms with Gasteiger partial charge in [-0.25, -0.2) is 29.9 Å². The lowest BCUT2D eigenvalue weighted by Gasteiger charge is -2.17. The fraction of sp³-hybridized carbons (Fsp3) is 0. The van der Waals surface area contributed by atoms with E-state index < -0.39 is 0 Å². The molecule has 0 N–H and O–H groups in total. The van der Waals surface area contributed by atoms with Gasteiger partial charge in [0.1, 0.15) is 17.5 Å². The molecule has 6 aromatic heterocycles. The van der Waals surface area contributed by atoms with Crippen LogP contribution in [0.3, 0.4) is 0 Å². The highest BCUT2D eigenvalue weighted by Gasteiger charge is 2.27. The highest BCUT2D eigenvalue weighted by atomic mass is 15.1. The van der Waals surface area contributed by atoms with Crippen LogP contribution in [0.2, 0.25) is 0 Å². The number of nitrogens with zero attached hydrogens (tertiary/aromatic N) is 9. The number of hydrogen-bond donors (Lipinski definition) is 0. The van der Waals surface area contributed by atoms with Crippen LogP contribution >= 0.6 is 0 Å². The van der Waals surface area contributed by atoms with Crippen LogP contribution in [0.1, 0.15) is 0 Å². The molecule has 9 nitrogen and oxygen atoms in total. The molecule has 0 fully saturated rings. The van der Waals surface area contributed by atoms with Gasteiger partial charge in [-0.15, -0.1) is 0 Å². The van der Waals surface area contributed by atoms with Gasteiger partial charge in [0.25, 0.3) is 0 Å². The third-order valence-electron chi connectivity index (χ3n) is 28.4. The van der Waals surface area contributed by atoms with E-state index in [1.807, 2.05) is 30.3 Å². The van der Waals surface area contributed by atoms with Crippen LogP contribution in [-0.2, 0) is 0 Å². The van der Waals surface area contributed by atoms with E-state index in [2.05, 4.69) is 548 Å². The van der Waals surface area contributed by atoms with Crippen LogP contribution in [0.4, 0.5) is 0 Å². The molecule has 0 amide bonds. The summed E-state index contributed by atoms with van der Waals surface area (Å²) in [6.45, 7) is 0. The molecule has 28 aromatic rings. The fourth-order valence-corrected chi connectivity index (χ4v) is 21.3. The molecule has 0 bridgehead atoms. The Kier molecular flexibility index (Phi) is 23.5. The molecule has 0 unspecified atom stereocenters. The van der Waals surface area contributed by atoms with E-state index in [1.165, 1.54) is 60.7 Å². The largest absolute Gasteiger partial charge is 0.292 e. The second-order valence-electron chi connectivity index (χ2n) is 37.4. The Labute approximate surface area is 863 Å². The Balaban J connectivity index is 0.000000113. The van der Waals surface area contributed by atoms with E-state index >= 15 is 0 Å². The lowest BCUT2D eigenvalue weighted by atomic mass is 9.91. The summed E-state index contributed by atoms with van der Waals surface area (Å²) in [5, 5.41) is 10.3. The van der Waals surface area contributed by atoms with Gasteiger partial charge < -0.3 is 0 Å². The molecule has 0 aliphatic heterocycles. The number of hydrogen-bond acceptors (Lipinski definition) is 6. The Morgan fingerprint density at radius 1 is 0.134 bits per heavy atom. The zero-order valence-electron chi connectivity index (χ0n) is 81.2. The third-order valence-corrected chi connectivity index (χ3v) is 28.4. The molecule has 698 valence electrons. The standard InChI is InChI=1S/C52H35N3.2C44H29N3/c1-6-18-36(19-7-1)46-35-48(38-20-8-2-9-21-38)53-50-44-29-17-16-28-43(44)45(34-47(46)50)37-30-32-42(33-31-37)55-51(40-24-12-4-13-25-40)49(39-22-10-3-11-23-39)54-52(55)41-26-14-5-15-27-41;1-5-15-30(16-6-1)38-29-40(31-17-7-2-8-18-31)45-43-36-24-14-13-23-35(36)37(28-39(38)43)33-25-26-42-41(27-33)46-44(32-19-9-3-10-20-32)47(42)34-21-11-4-12-22-34;1-4-14-30(15-5-1)38-29-41(32-16-6-2-7-17-32)45-43-36-21-11-10-20-35(36)37(28-39(38)43)31-24-26-34(27-25-31)47-42-23-13-12-22-40(42)46-44(47)33-18-8-3-9-19-33/h1-35H;2*1-29H. The molecule has 22 aromatic carbocycles. The Bertz CT molecular complexity index is 9790. The summed E-state index contributed by atoms with van der Waals surface area (Å²) in [4.78, 5) is 31.6. The van der Waals surface area contributed by atoms with Crippen molar-refractivity contribution in [2.75, 3.05) is 0 Å². The molecule has 0 radical (unpaired) electrons. The second kappa shape index (κ2) is 39.4. The van der Waals surface area contributed by atoms with E-state index in [0.29, 0.717) is 0 Å². The molecule has 0 aliphatic carbocycles. The van der Waals surface area contributed by atoms with E-state index in [4.69, 9.17) is 29.9 Å². The lowest BCUT2D eigenvalue weighted by Crippen LogP contribution is -2.00. The zero-order chi connectivity index (χ0) is 98.9. The van der Waals surface area contributed by atoms with Crippen molar-refractivity contribution in [1.29, 1.82) is 0 Å². The van der Waals surface area contributed by atoms with Crippen molar-refractivity contribution < 1.29 is 0 Å². The van der Waals surface area contributed by atoms with Gasteiger partial charge in [0.05, 0.1) is 67.1 Å². The Morgan fingerprint density at radius 2 is 0.383 bits per heavy atom.